The van der Waals surface area contributed by atoms with Crippen LogP contribution in [0.2, 0.25) is 0 Å². The fourth-order valence-electron chi connectivity index (χ4n) is 3.69. The summed E-state index contributed by atoms with van der Waals surface area (Å²) in [5.41, 5.74) is 2.28. The predicted octanol–water partition coefficient (Wildman–Crippen LogP) is 5.47. The first kappa shape index (κ1) is 26.3. The normalized spacial score (nSPS) is 11.9. The molecule has 0 aliphatic carbocycles. The summed E-state index contributed by atoms with van der Waals surface area (Å²) in [5.74, 6) is -0.252. The van der Waals surface area contributed by atoms with Crippen molar-refractivity contribution in [2.45, 2.75) is 38.2 Å². The first-order chi connectivity index (χ1) is 17.7. The first-order valence-electron chi connectivity index (χ1n) is 11.7. The molecule has 0 saturated carbocycles. The maximum Gasteiger partial charge on any atom is 0.218 e. The summed E-state index contributed by atoms with van der Waals surface area (Å²) in [6.45, 7) is 0.949. The van der Waals surface area contributed by atoms with E-state index in [2.05, 4.69) is 9.97 Å². The summed E-state index contributed by atoms with van der Waals surface area (Å²) in [6.07, 6.45) is 12.1. The van der Waals surface area contributed by atoms with Crippen molar-refractivity contribution in [2.24, 2.45) is 0 Å². The lowest BCUT2D eigenvalue weighted by Crippen LogP contribution is -2.09. The molecule has 0 unspecified atom stereocenters. The molecule has 2 aromatic carbocycles. The zero-order valence-electron chi connectivity index (χ0n) is 20.3. The van der Waals surface area contributed by atoms with Crippen LogP contribution < -0.4 is 4.74 Å². The van der Waals surface area contributed by atoms with E-state index in [1.807, 2.05) is 35.0 Å². The molecule has 2 aromatic heterocycles. The van der Waals surface area contributed by atoms with Crippen LogP contribution in [-0.2, 0) is 35.2 Å². The Hall–Kier alpha value is -3.79. The second-order valence-electron chi connectivity index (χ2n) is 8.68. The minimum atomic E-state index is -3.11. The molecule has 4 rings (SSSR count). The van der Waals surface area contributed by atoms with Crippen molar-refractivity contribution in [3.05, 3.63) is 101 Å². The van der Waals surface area contributed by atoms with Gasteiger partial charge in [-0.25, -0.2) is 27.2 Å². The largest absolute Gasteiger partial charge is 0.487 e. The van der Waals surface area contributed by atoms with Crippen LogP contribution in [0.5, 0.6) is 5.75 Å². The number of sulfone groups is 1. The molecule has 2 heterocycles. The molecule has 7 nitrogen and oxygen atoms in total. The Morgan fingerprint density at radius 2 is 1.86 bits per heavy atom. The number of halogens is 2. The van der Waals surface area contributed by atoms with E-state index in [0.717, 1.165) is 37.9 Å². The first-order valence-corrected chi connectivity index (χ1v) is 13.8. The fraction of sp³-hybridized carbons (Fsp3) is 0.259. The van der Waals surface area contributed by atoms with Gasteiger partial charge in [0.2, 0.25) is 5.89 Å². The Labute approximate surface area is 214 Å². The van der Waals surface area contributed by atoms with Crippen molar-refractivity contribution in [1.29, 1.82) is 0 Å². The van der Waals surface area contributed by atoms with E-state index in [-0.39, 0.29) is 12.4 Å². The number of unbranched alkanes of at least 4 members (excludes halogenated alkanes) is 1. The molecule has 10 heteroatoms. The second-order valence-corrected chi connectivity index (χ2v) is 10.8. The van der Waals surface area contributed by atoms with Crippen LogP contribution in [0.15, 0.2) is 65.5 Å². The van der Waals surface area contributed by atoms with Gasteiger partial charge in [0.25, 0.3) is 0 Å². The van der Waals surface area contributed by atoms with Gasteiger partial charge in [-0.15, -0.1) is 0 Å². The quantitative estimate of drug-likeness (QED) is 0.227. The summed E-state index contributed by atoms with van der Waals surface area (Å²) < 4.78 is 62.4. The standard InChI is InChI=1S/C27H27F2N3O4S/c1-37(33,34)19-26-30-13-15-32(26)14-3-2-4-20-5-9-23(10-6-20)35-17-22-18-36-27(31-22)12-8-21-7-11-24(28)25(29)16-21/h5-13,15-16,18H,2-4,14,17,19H2,1H3. The maximum absolute atomic E-state index is 13.3. The number of ether oxygens (including phenoxy) is 1. The van der Waals surface area contributed by atoms with Crippen LogP contribution in [0, 0.1) is 11.6 Å². The summed E-state index contributed by atoms with van der Waals surface area (Å²) in [6, 6.07) is 11.5. The van der Waals surface area contributed by atoms with Crippen molar-refractivity contribution >= 4 is 22.0 Å². The number of nitrogens with zero attached hydrogens (tertiary/aromatic N) is 3. The van der Waals surface area contributed by atoms with Crippen molar-refractivity contribution in [1.82, 2.24) is 14.5 Å². The van der Waals surface area contributed by atoms with E-state index < -0.39 is 21.5 Å². The third-order valence-electron chi connectivity index (χ3n) is 5.55. The number of hydrogen-bond acceptors (Lipinski definition) is 6. The Morgan fingerprint density at radius 3 is 2.62 bits per heavy atom. The number of hydrogen-bond donors (Lipinski definition) is 0. The molecule has 0 saturated heterocycles. The molecule has 194 valence electrons. The Morgan fingerprint density at radius 1 is 1.05 bits per heavy atom. The van der Waals surface area contributed by atoms with E-state index in [9.17, 15) is 17.2 Å². The van der Waals surface area contributed by atoms with Crippen LogP contribution in [0.4, 0.5) is 8.78 Å². The Balaban J connectivity index is 1.20. The summed E-state index contributed by atoms with van der Waals surface area (Å²) in [7, 11) is -3.11. The second kappa shape index (κ2) is 12.0. The average molecular weight is 528 g/mol. The zero-order valence-corrected chi connectivity index (χ0v) is 21.1. The smallest absolute Gasteiger partial charge is 0.218 e. The molecule has 0 atom stereocenters. The molecule has 0 spiro atoms. The third kappa shape index (κ3) is 8.11. The minimum Gasteiger partial charge on any atom is -0.487 e. The molecule has 37 heavy (non-hydrogen) atoms. The number of aromatic nitrogens is 3. The van der Waals surface area contributed by atoms with Crippen molar-refractivity contribution in [3.8, 4) is 5.75 Å². The van der Waals surface area contributed by atoms with E-state index in [1.165, 1.54) is 24.1 Å². The molecular formula is C27H27F2N3O4S. The molecule has 0 aliphatic heterocycles. The van der Waals surface area contributed by atoms with Crippen molar-refractivity contribution in [3.63, 3.8) is 0 Å². The SMILES string of the molecule is CS(=O)(=O)Cc1nccn1CCCCc1ccc(OCc2coc(C=Cc3ccc(F)c(F)c3)n2)cc1. The zero-order chi connectivity index (χ0) is 26.3. The molecule has 0 radical (unpaired) electrons. The van der Waals surface area contributed by atoms with E-state index in [0.29, 0.717) is 28.7 Å². The summed E-state index contributed by atoms with van der Waals surface area (Å²) in [4.78, 5) is 8.46. The van der Waals surface area contributed by atoms with E-state index >= 15 is 0 Å². The number of imidazole rings is 1. The van der Waals surface area contributed by atoms with Gasteiger partial charge < -0.3 is 13.7 Å². The highest BCUT2D eigenvalue weighted by atomic mass is 32.2. The predicted molar refractivity (Wildman–Crippen MR) is 136 cm³/mol. The molecule has 0 bridgehead atoms. The third-order valence-corrected chi connectivity index (χ3v) is 6.33. The topological polar surface area (TPSA) is 87.2 Å². The van der Waals surface area contributed by atoms with Gasteiger partial charge in [0.05, 0.1) is 0 Å². The van der Waals surface area contributed by atoms with Gasteiger partial charge in [-0.2, -0.15) is 0 Å². The van der Waals surface area contributed by atoms with Crippen LogP contribution in [0.1, 0.15) is 41.4 Å². The summed E-state index contributed by atoms with van der Waals surface area (Å²) in [5, 5.41) is 0. The van der Waals surface area contributed by atoms with Crippen molar-refractivity contribution < 1.29 is 26.4 Å². The van der Waals surface area contributed by atoms with Crippen LogP contribution in [0.3, 0.4) is 0 Å². The van der Waals surface area contributed by atoms with Gasteiger partial charge in [0.15, 0.2) is 21.5 Å². The van der Waals surface area contributed by atoms with Gasteiger partial charge in [-0.1, -0.05) is 18.2 Å². The van der Waals surface area contributed by atoms with Gasteiger partial charge >= 0.3 is 0 Å². The molecule has 0 aliphatic rings. The Kier molecular flexibility index (Phi) is 8.50. The van der Waals surface area contributed by atoms with E-state index in [4.69, 9.17) is 9.15 Å². The average Bonchev–Trinajstić information content (AvgIpc) is 3.50. The maximum atomic E-state index is 13.3. The van der Waals surface area contributed by atoms with Gasteiger partial charge in [0.1, 0.15) is 35.9 Å². The van der Waals surface area contributed by atoms with Gasteiger partial charge in [0, 0.05) is 31.3 Å². The Bertz CT molecular complexity index is 1460. The fourth-order valence-corrected chi connectivity index (χ4v) is 4.40. The number of oxazole rings is 1. The van der Waals surface area contributed by atoms with Crippen molar-refractivity contribution in [2.75, 3.05) is 6.26 Å². The summed E-state index contributed by atoms with van der Waals surface area (Å²) >= 11 is 0. The molecule has 4 aromatic rings. The highest BCUT2D eigenvalue weighted by Gasteiger charge is 2.10. The lowest BCUT2D eigenvalue weighted by atomic mass is 10.1. The monoisotopic (exact) mass is 527 g/mol. The van der Waals surface area contributed by atoms with Crippen LogP contribution in [-0.4, -0.2) is 29.2 Å². The van der Waals surface area contributed by atoms with Crippen LogP contribution in [0.25, 0.3) is 12.2 Å². The van der Waals surface area contributed by atoms with E-state index in [1.54, 1.807) is 18.3 Å². The number of rotatable bonds is 12. The molecular weight excluding hydrogens is 500 g/mol. The molecule has 0 amide bonds. The van der Waals surface area contributed by atoms with Crippen LogP contribution >= 0.6 is 0 Å². The van der Waals surface area contributed by atoms with Gasteiger partial charge in [-0.3, -0.25) is 0 Å². The number of benzene rings is 2. The molecule has 0 fully saturated rings. The van der Waals surface area contributed by atoms with Gasteiger partial charge in [-0.05, 0) is 60.7 Å². The highest BCUT2D eigenvalue weighted by Crippen LogP contribution is 2.17. The highest BCUT2D eigenvalue weighted by molar-refractivity contribution is 7.89. The number of aryl methyl sites for hydroxylation is 2. The lowest BCUT2D eigenvalue weighted by Gasteiger charge is -2.08. The lowest BCUT2D eigenvalue weighted by molar-refractivity contribution is 0.301. The minimum absolute atomic E-state index is 0.0506. The molecule has 0 N–H and O–H groups in total.